The van der Waals surface area contributed by atoms with Crippen molar-refractivity contribution >= 4 is 22.6 Å². The number of rotatable bonds is 6. The first kappa shape index (κ1) is 24.5. The van der Waals surface area contributed by atoms with Crippen molar-refractivity contribution in [3.05, 3.63) is 75.2 Å². The van der Waals surface area contributed by atoms with Crippen LogP contribution in [0.25, 0.3) is 11.0 Å². The quantitative estimate of drug-likeness (QED) is 0.353. The van der Waals surface area contributed by atoms with Crippen molar-refractivity contribution in [3.8, 4) is 11.5 Å². The molecule has 1 fully saturated rings. The first-order valence-corrected chi connectivity index (χ1v) is 11.5. The Bertz CT molecular complexity index is 1340. The zero-order chi connectivity index (χ0) is 25.1. The second kappa shape index (κ2) is 10.3. The lowest BCUT2D eigenvalue weighted by molar-refractivity contribution is -0.137. The number of carbonyl (C=O) groups excluding carboxylic acids is 1. The Morgan fingerprint density at radius 1 is 1.23 bits per heavy atom. The van der Waals surface area contributed by atoms with E-state index in [9.17, 15) is 19.8 Å². The summed E-state index contributed by atoms with van der Waals surface area (Å²) in [5.41, 5.74) is 2.29. The summed E-state index contributed by atoms with van der Waals surface area (Å²) < 4.78 is 17.0. The van der Waals surface area contributed by atoms with Gasteiger partial charge in [-0.25, -0.2) is 4.79 Å². The Balaban J connectivity index is 1.56. The fourth-order valence-corrected chi connectivity index (χ4v) is 3.89. The van der Waals surface area contributed by atoms with Gasteiger partial charge < -0.3 is 29.4 Å². The number of carbonyl (C=O) groups is 1. The van der Waals surface area contributed by atoms with Crippen LogP contribution in [0.5, 0.6) is 11.5 Å². The van der Waals surface area contributed by atoms with E-state index in [0.717, 1.165) is 5.57 Å². The van der Waals surface area contributed by atoms with Crippen LogP contribution in [0.4, 0.5) is 5.69 Å². The first-order chi connectivity index (χ1) is 16.7. The summed E-state index contributed by atoms with van der Waals surface area (Å²) in [6, 6.07) is 9.59. The van der Waals surface area contributed by atoms with Crippen molar-refractivity contribution in [1.29, 1.82) is 0 Å². The highest BCUT2D eigenvalue weighted by Crippen LogP contribution is 2.30. The van der Waals surface area contributed by atoms with Gasteiger partial charge in [0.1, 0.15) is 22.8 Å². The Labute approximate surface area is 202 Å². The van der Waals surface area contributed by atoms with E-state index in [1.54, 1.807) is 31.2 Å². The van der Waals surface area contributed by atoms with Crippen molar-refractivity contribution in [2.24, 2.45) is 0 Å². The number of nitrogens with one attached hydrogen (secondary N) is 1. The molecule has 0 aliphatic carbocycles. The molecular formula is C27H29NO7. The number of phenols is 1. The van der Waals surface area contributed by atoms with Crippen LogP contribution < -0.4 is 15.7 Å². The molecule has 2 atom stereocenters. The van der Waals surface area contributed by atoms with Gasteiger partial charge in [-0.15, -0.1) is 0 Å². The minimum atomic E-state index is -0.695. The third-order valence-corrected chi connectivity index (χ3v) is 5.90. The molecule has 2 heterocycles. The zero-order valence-electron chi connectivity index (χ0n) is 20.0. The monoisotopic (exact) mass is 479 g/mol. The van der Waals surface area contributed by atoms with Gasteiger partial charge in [-0.1, -0.05) is 11.6 Å². The Hall–Kier alpha value is -3.62. The van der Waals surface area contributed by atoms with Gasteiger partial charge in [0.05, 0.1) is 12.7 Å². The summed E-state index contributed by atoms with van der Waals surface area (Å²) in [7, 11) is 0. The van der Waals surface area contributed by atoms with Gasteiger partial charge in [0, 0.05) is 22.9 Å². The van der Waals surface area contributed by atoms with E-state index in [0.29, 0.717) is 59.3 Å². The van der Waals surface area contributed by atoms with Crippen molar-refractivity contribution in [1.82, 2.24) is 0 Å². The molecule has 35 heavy (non-hydrogen) atoms. The molecule has 8 nitrogen and oxygen atoms in total. The number of benzene rings is 2. The van der Waals surface area contributed by atoms with Crippen molar-refractivity contribution in [2.75, 3.05) is 11.9 Å². The molecule has 1 aliphatic rings. The Kier molecular flexibility index (Phi) is 7.23. The summed E-state index contributed by atoms with van der Waals surface area (Å²) >= 11 is 0. The molecule has 3 aromatic rings. The van der Waals surface area contributed by atoms with Crippen LogP contribution in [0, 0.1) is 6.92 Å². The highest BCUT2D eigenvalue weighted by atomic mass is 16.7. The SMILES string of the molecule is CC(C)=CCc1cc(C(=O)Nc2cc3ccc(O[C@@H]4C[C@@H](O)CCO4)c(C)c3oc2=O)ccc1O. The lowest BCUT2D eigenvalue weighted by atomic mass is 10.0. The Morgan fingerprint density at radius 3 is 2.77 bits per heavy atom. The number of ether oxygens (including phenoxy) is 2. The third kappa shape index (κ3) is 5.72. The molecule has 1 amide bonds. The zero-order valence-corrected chi connectivity index (χ0v) is 20.0. The van der Waals surface area contributed by atoms with E-state index >= 15 is 0 Å². The van der Waals surface area contributed by atoms with Gasteiger partial charge in [0.2, 0.25) is 6.29 Å². The average molecular weight is 480 g/mol. The molecule has 0 radical (unpaired) electrons. The molecule has 184 valence electrons. The smallest absolute Gasteiger partial charge is 0.360 e. The van der Waals surface area contributed by atoms with E-state index < -0.39 is 23.9 Å². The van der Waals surface area contributed by atoms with Crippen LogP contribution in [0.3, 0.4) is 0 Å². The summed E-state index contributed by atoms with van der Waals surface area (Å²) in [5, 5.41) is 23.1. The van der Waals surface area contributed by atoms with Crippen molar-refractivity contribution in [2.45, 2.75) is 52.4 Å². The number of anilines is 1. The van der Waals surface area contributed by atoms with E-state index in [-0.39, 0.29) is 11.4 Å². The van der Waals surface area contributed by atoms with Crippen LogP contribution in [-0.2, 0) is 11.2 Å². The van der Waals surface area contributed by atoms with Crippen LogP contribution in [-0.4, -0.2) is 35.1 Å². The third-order valence-electron chi connectivity index (χ3n) is 5.90. The average Bonchev–Trinajstić information content (AvgIpc) is 2.81. The van der Waals surface area contributed by atoms with Gasteiger partial charge in [0.25, 0.3) is 5.91 Å². The Morgan fingerprint density at radius 2 is 2.03 bits per heavy atom. The van der Waals surface area contributed by atoms with Gasteiger partial charge in [-0.05, 0) is 75.6 Å². The fourth-order valence-electron chi connectivity index (χ4n) is 3.89. The highest BCUT2D eigenvalue weighted by Gasteiger charge is 2.23. The minimum Gasteiger partial charge on any atom is -0.508 e. The molecule has 4 rings (SSSR count). The second-order valence-corrected chi connectivity index (χ2v) is 8.93. The summed E-state index contributed by atoms with van der Waals surface area (Å²) in [6.07, 6.45) is 2.32. The maximum Gasteiger partial charge on any atom is 0.360 e. The van der Waals surface area contributed by atoms with Gasteiger partial charge in [-0.2, -0.15) is 0 Å². The van der Waals surface area contributed by atoms with Crippen LogP contribution in [0.1, 0.15) is 48.2 Å². The number of aryl methyl sites for hydroxylation is 1. The van der Waals surface area contributed by atoms with Gasteiger partial charge in [0.15, 0.2) is 0 Å². The van der Waals surface area contributed by atoms with Gasteiger partial charge >= 0.3 is 5.63 Å². The van der Waals surface area contributed by atoms with E-state index in [1.807, 2.05) is 19.9 Å². The number of amides is 1. The number of hydrogen-bond acceptors (Lipinski definition) is 7. The predicted octanol–water partition coefficient (Wildman–Crippen LogP) is 4.44. The van der Waals surface area contributed by atoms with E-state index in [4.69, 9.17) is 13.9 Å². The molecule has 1 saturated heterocycles. The van der Waals surface area contributed by atoms with Crippen molar-refractivity contribution < 1.29 is 28.9 Å². The van der Waals surface area contributed by atoms with Gasteiger partial charge in [-0.3, -0.25) is 4.79 Å². The van der Waals surface area contributed by atoms with Crippen LogP contribution >= 0.6 is 0 Å². The summed E-state index contributed by atoms with van der Waals surface area (Å²) in [6.45, 7) is 6.09. The molecule has 0 bridgehead atoms. The molecule has 3 N–H and O–H groups in total. The predicted molar refractivity (Wildman–Crippen MR) is 132 cm³/mol. The number of fused-ring (bicyclic) bond motifs is 1. The lowest BCUT2D eigenvalue weighted by Crippen LogP contribution is -2.33. The van der Waals surface area contributed by atoms with E-state index in [2.05, 4.69) is 5.32 Å². The van der Waals surface area contributed by atoms with Crippen LogP contribution in [0.15, 0.2) is 57.3 Å². The summed E-state index contributed by atoms with van der Waals surface area (Å²) in [4.78, 5) is 25.5. The summed E-state index contributed by atoms with van der Waals surface area (Å²) in [5.74, 6) is 0.107. The van der Waals surface area contributed by atoms with E-state index in [1.165, 1.54) is 12.1 Å². The number of phenolic OH excluding ortho intramolecular Hbond substituents is 1. The lowest BCUT2D eigenvalue weighted by Gasteiger charge is -2.27. The normalized spacial score (nSPS) is 17.7. The topological polar surface area (TPSA) is 118 Å². The number of aromatic hydroxyl groups is 1. The first-order valence-electron chi connectivity index (χ1n) is 11.5. The highest BCUT2D eigenvalue weighted by molar-refractivity contribution is 6.05. The fraction of sp³-hybridized carbons (Fsp3) is 0.333. The molecule has 0 unspecified atom stereocenters. The maximum absolute atomic E-state index is 12.8. The molecule has 0 spiro atoms. The number of hydrogen-bond donors (Lipinski definition) is 3. The molecule has 8 heteroatoms. The van der Waals surface area contributed by atoms with Crippen LogP contribution in [0.2, 0.25) is 0 Å². The molecule has 1 aromatic heterocycles. The number of aliphatic hydroxyl groups excluding tert-OH is 1. The molecule has 0 saturated carbocycles. The molecule has 1 aliphatic heterocycles. The molecular weight excluding hydrogens is 450 g/mol. The number of allylic oxidation sites excluding steroid dienone is 2. The standard InChI is InChI=1S/C27H29NO7/c1-15(2)4-5-17-12-19(6-8-22(17)30)26(31)28-21-13-18-7-9-23(16(3)25(18)35-27(21)32)34-24-14-20(29)10-11-33-24/h4,6-9,12-13,20,24,29-30H,5,10-11,14H2,1-3H3,(H,28,31)/t20-,24+/m0/s1. The number of aliphatic hydroxyl groups is 1. The largest absolute Gasteiger partial charge is 0.508 e. The minimum absolute atomic E-state index is 0.00762. The maximum atomic E-state index is 12.8. The van der Waals surface area contributed by atoms with Crippen molar-refractivity contribution in [3.63, 3.8) is 0 Å². The molecule has 2 aromatic carbocycles. The second-order valence-electron chi connectivity index (χ2n) is 8.93.